The number of benzene rings is 2. The summed E-state index contributed by atoms with van der Waals surface area (Å²) >= 11 is 0. The number of hydrogen-bond acceptors (Lipinski definition) is 3. The molecule has 0 aliphatic rings. The van der Waals surface area contributed by atoms with Crippen molar-refractivity contribution in [1.29, 1.82) is 0 Å². The van der Waals surface area contributed by atoms with Gasteiger partial charge >= 0.3 is 0 Å². The lowest BCUT2D eigenvalue weighted by atomic mass is 10.1. The summed E-state index contributed by atoms with van der Waals surface area (Å²) in [5, 5.41) is 3.23. The average molecular weight is 230 g/mol. The minimum atomic E-state index is 0.401. The first-order valence-electron chi connectivity index (χ1n) is 5.65. The Morgan fingerprint density at radius 3 is 2.67 bits per heavy atom. The number of furan rings is 1. The zero-order chi connectivity index (χ0) is 12.1. The fourth-order valence-electron chi connectivity index (χ4n) is 2.23. The molecular formula is C14H7BN2O. The van der Waals surface area contributed by atoms with Crippen LogP contribution in [0.15, 0.2) is 47.0 Å². The molecule has 0 fully saturated rings. The van der Waals surface area contributed by atoms with E-state index in [1.165, 1.54) is 6.20 Å². The third kappa shape index (κ3) is 1.26. The van der Waals surface area contributed by atoms with Crippen molar-refractivity contribution in [2.24, 2.45) is 0 Å². The molecule has 0 saturated heterocycles. The quantitative estimate of drug-likeness (QED) is 0.435. The van der Waals surface area contributed by atoms with Crippen LogP contribution in [0.1, 0.15) is 0 Å². The smallest absolute Gasteiger partial charge is 0.246 e. The first kappa shape index (κ1) is 9.65. The molecule has 0 bridgehead atoms. The van der Waals surface area contributed by atoms with Gasteiger partial charge in [-0.1, -0.05) is 24.3 Å². The van der Waals surface area contributed by atoms with E-state index in [0.29, 0.717) is 11.3 Å². The van der Waals surface area contributed by atoms with Gasteiger partial charge in [-0.05, 0) is 22.9 Å². The lowest BCUT2D eigenvalue weighted by Gasteiger charge is -1.96. The molecule has 2 aromatic heterocycles. The van der Waals surface area contributed by atoms with Gasteiger partial charge in [0.25, 0.3) is 0 Å². The lowest BCUT2D eigenvalue weighted by Crippen LogP contribution is -2.07. The maximum atomic E-state index is 5.69. The van der Waals surface area contributed by atoms with Gasteiger partial charge in [-0.25, -0.2) is 4.98 Å². The van der Waals surface area contributed by atoms with Crippen LogP contribution in [0.3, 0.4) is 0 Å². The van der Waals surface area contributed by atoms with Crippen molar-refractivity contribution in [2.45, 2.75) is 0 Å². The van der Waals surface area contributed by atoms with Crippen molar-refractivity contribution in [1.82, 2.24) is 9.97 Å². The number of hydrogen-bond donors (Lipinski definition) is 0. The standard InChI is InChI=1S/C14H7BN2O/c15-12-7-16-14-13(17-12)10-5-8-3-1-2-4-9(8)6-11(10)18-14/h1-7H. The third-order valence-electron chi connectivity index (χ3n) is 3.07. The van der Waals surface area contributed by atoms with E-state index in [2.05, 4.69) is 28.2 Å². The Kier molecular flexibility index (Phi) is 1.78. The Morgan fingerprint density at radius 1 is 1.06 bits per heavy atom. The van der Waals surface area contributed by atoms with Gasteiger partial charge in [0, 0.05) is 17.2 Å². The molecular weight excluding hydrogens is 223 g/mol. The Bertz CT molecular complexity index is 898. The van der Waals surface area contributed by atoms with Crippen LogP contribution < -0.4 is 5.59 Å². The highest BCUT2D eigenvalue weighted by Crippen LogP contribution is 2.29. The zero-order valence-electron chi connectivity index (χ0n) is 9.42. The summed E-state index contributed by atoms with van der Waals surface area (Å²) in [6.07, 6.45) is 1.50. The van der Waals surface area contributed by atoms with Crippen molar-refractivity contribution in [3.63, 3.8) is 0 Å². The van der Waals surface area contributed by atoms with Crippen LogP contribution >= 0.6 is 0 Å². The van der Waals surface area contributed by atoms with Crippen LogP contribution in [0.4, 0.5) is 0 Å². The molecule has 0 aliphatic heterocycles. The molecule has 0 saturated carbocycles. The van der Waals surface area contributed by atoms with Gasteiger partial charge in [0.1, 0.15) is 18.9 Å². The van der Waals surface area contributed by atoms with Gasteiger partial charge in [-0.2, -0.15) is 0 Å². The monoisotopic (exact) mass is 230 g/mol. The van der Waals surface area contributed by atoms with E-state index in [1.807, 2.05) is 18.2 Å². The maximum absolute atomic E-state index is 5.69. The summed E-state index contributed by atoms with van der Waals surface area (Å²) in [6.45, 7) is 0. The first-order valence-corrected chi connectivity index (χ1v) is 5.65. The van der Waals surface area contributed by atoms with Gasteiger partial charge < -0.3 is 4.42 Å². The highest BCUT2D eigenvalue weighted by molar-refractivity contribution is 6.31. The second kappa shape index (κ2) is 3.32. The van der Waals surface area contributed by atoms with Gasteiger partial charge in [-0.15, -0.1) is 0 Å². The minimum absolute atomic E-state index is 0.401. The van der Waals surface area contributed by atoms with E-state index in [1.54, 1.807) is 0 Å². The molecule has 4 rings (SSSR count). The first-order chi connectivity index (χ1) is 8.81. The van der Waals surface area contributed by atoms with E-state index in [4.69, 9.17) is 12.3 Å². The van der Waals surface area contributed by atoms with Crippen LogP contribution in [-0.4, -0.2) is 17.8 Å². The fraction of sp³-hybridized carbons (Fsp3) is 0. The lowest BCUT2D eigenvalue weighted by molar-refractivity contribution is 0.654. The van der Waals surface area contributed by atoms with Crippen molar-refractivity contribution in [2.75, 3.05) is 0 Å². The second-order valence-corrected chi connectivity index (χ2v) is 4.25. The Labute approximate surface area is 104 Å². The molecule has 2 heterocycles. The van der Waals surface area contributed by atoms with Crippen molar-refractivity contribution < 1.29 is 4.42 Å². The molecule has 3 nitrogen and oxygen atoms in total. The van der Waals surface area contributed by atoms with E-state index in [-0.39, 0.29) is 0 Å². The molecule has 18 heavy (non-hydrogen) atoms. The molecule has 0 amide bonds. The predicted octanol–water partition coefficient (Wildman–Crippen LogP) is 2.32. The van der Waals surface area contributed by atoms with Gasteiger partial charge in [0.05, 0.1) is 0 Å². The number of aromatic nitrogens is 2. The summed E-state index contributed by atoms with van der Waals surface area (Å²) in [6, 6.07) is 12.2. The minimum Gasteiger partial charge on any atom is -0.436 e. The third-order valence-corrected chi connectivity index (χ3v) is 3.07. The van der Waals surface area contributed by atoms with E-state index < -0.39 is 0 Å². The van der Waals surface area contributed by atoms with Crippen LogP contribution in [0.5, 0.6) is 0 Å². The van der Waals surface area contributed by atoms with Gasteiger partial charge in [0.15, 0.2) is 0 Å². The predicted molar refractivity (Wildman–Crippen MR) is 72.2 cm³/mol. The molecule has 0 spiro atoms. The summed E-state index contributed by atoms with van der Waals surface area (Å²) in [5.41, 5.74) is 2.43. The molecule has 0 aliphatic carbocycles. The topological polar surface area (TPSA) is 38.9 Å². The summed E-state index contributed by atoms with van der Waals surface area (Å²) < 4.78 is 5.69. The van der Waals surface area contributed by atoms with Crippen LogP contribution in [-0.2, 0) is 0 Å². The van der Waals surface area contributed by atoms with Crippen molar-refractivity contribution in [3.8, 4) is 0 Å². The Hall–Kier alpha value is -2.36. The number of fused-ring (bicyclic) bond motifs is 4. The zero-order valence-corrected chi connectivity index (χ0v) is 9.42. The number of nitrogens with zero attached hydrogens (tertiary/aromatic N) is 2. The Morgan fingerprint density at radius 2 is 1.83 bits per heavy atom. The van der Waals surface area contributed by atoms with Crippen LogP contribution in [0.2, 0.25) is 0 Å². The number of rotatable bonds is 0. The molecule has 4 aromatic rings. The van der Waals surface area contributed by atoms with Crippen LogP contribution in [0, 0.1) is 0 Å². The Balaban J connectivity index is 2.25. The summed E-state index contributed by atoms with van der Waals surface area (Å²) in [4.78, 5) is 8.45. The normalized spacial score (nSPS) is 11.6. The molecule has 82 valence electrons. The molecule has 2 radical (unpaired) electrons. The molecule has 0 atom stereocenters. The molecule has 4 heteroatoms. The SMILES string of the molecule is [B]c1cnc2oc3cc4ccccc4cc3c2n1. The van der Waals surface area contributed by atoms with Crippen LogP contribution in [0.25, 0.3) is 33.0 Å². The molecule has 0 unspecified atom stereocenters. The summed E-state index contributed by atoms with van der Waals surface area (Å²) in [7, 11) is 5.67. The van der Waals surface area contributed by atoms with E-state index >= 15 is 0 Å². The van der Waals surface area contributed by atoms with Gasteiger partial charge in [-0.3, -0.25) is 4.98 Å². The molecule has 2 aromatic carbocycles. The fourth-order valence-corrected chi connectivity index (χ4v) is 2.23. The highest BCUT2D eigenvalue weighted by Gasteiger charge is 2.10. The largest absolute Gasteiger partial charge is 0.436 e. The highest BCUT2D eigenvalue weighted by atomic mass is 16.3. The maximum Gasteiger partial charge on any atom is 0.246 e. The van der Waals surface area contributed by atoms with E-state index in [9.17, 15) is 0 Å². The average Bonchev–Trinajstić information content (AvgIpc) is 2.73. The van der Waals surface area contributed by atoms with Gasteiger partial charge in [0.2, 0.25) is 5.71 Å². The summed E-state index contributed by atoms with van der Waals surface area (Å²) in [5.74, 6) is 0. The van der Waals surface area contributed by atoms with Crippen molar-refractivity contribution >= 4 is 46.4 Å². The van der Waals surface area contributed by atoms with Crippen molar-refractivity contribution in [3.05, 3.63) is 42.6 Å². The van der Waals surface area contributed by atoms with E-state index in [0.717, 1.165) is 27.3 Å². The second-order valence-electron chi connectivity index (χ2n) is 4.25. The molecule has 0 N–H and O–H groups in total.